The Bertz CT molecular complexity index is 417. The number of halogens is 3. The summed E-state index contributed by atoms with van der Waals surface area (Å²) >= 11 is 3.25. The quantitative estimate of drug-likeness (QED) is 0.845. The zero-order chi connectivity index (χ0) is 13.9. The topological polar surface area (TPSA) is 29.1 Å². The summed E-state index contributed by atoms with van der Waals surface area (Å²) in [5.41, 5.74) is -0.116. The molecule has 0 aromatic heterocycles. The second kappa shape index (κ2) is 6.27. The highest BCUT2D eigenvalue weighted by Gasteiger charge is 2.23. The van der Waals surface area contributed by atoms with Gasteiger partial charge in [0.05, 0.1) is 10.9 Å². The maximum absolute atomic E-state index is 13.5. The average Bonchev–Trinajstić information content (AvgIpc) is 2.27. The van der Waals surface area contributed by atoms with Crippen molar-refractivity contribution in [1.29, 1.82) is 0 Å². The number of carbonyl (C=O) groups is 1. The minimum atomic E-state index is -0.711. The predicted molar refractivity (Wildman–Crippen MR) is 70.5 cm³/mol. The van der Waals surface area contributed by atoms with E-state index in [1.807, 2.05) is 13.8 Å². The van der Waals surface area contributed by atoms with Gasteiger partial charge in [-0.15, -0.1) is 0 Å². The Morgan fingerprint density at radius 2 is 1.72 bits per heavy atom. The first-order chi connectivity index (χ1) is 8.34. The summed E-state index contributed by atoms with van der Waals surface area (Å²) in [6.45, 7) is 5.32. The molecule has 0 saturated heterocycles. The second-order valence-electron chi connectivity index (χ2n) is 4.51. The van der Waals surface area contributed by atoms with Crippen LogP contribution in [0.15, 0.2) is 18.2 Å². The van der Waals surface area contributed by atoms with E-state index in [0.717, 1.165) is 0 Å². The molecule has 0 aliphatic carbocycles. The summed E-state index contributed by atoms with van der Waals surface area (Å²) in [4.78, 5) is 11.4. The van der Waals surface area contributed by atoms with Crippen molar-refractivity contribution in [2.45, 2.75) is 31.6 Å². The van der Waals surface area contributed by atoms with Gasteiger partial charge in [-0.1, -0.05) is 35.8 Å². The Morgan fingerprint density at radius 1 is 1.22 bits per heavy atom. The molecule has 18 heavy (non-hydrogen) atoms. The van der Waals surface area contributed by atoms with Gasteiger partial charge < -0.3 is 5.32 Å². The molecule has 0 aliphatic heterocycles. The molecule has 0 fully saturated rings. The van der Waals surface area contributed by atoms with Crippen molar-refractivity contribution in [3.8, 4) is 0 Å². The smallest absolute Gasteiger partial charge is 0.234 e. The first-order valence-electron chi connectivity index (χ1n) is 5.73. The van der Waals surface area contributed by atoms with E-state index in [1.54, 1.807) is 6.92 Å². The van der Waals surface area contributed by atoms with Crippen molar-refractivity contribution < 1.29 is 13.6 Å². The highest BCUT2D eigenvalue weighted by molar-refractivity contribution is 9.10. The molecule has 1 amide bonds. The van der Waals surface area contributed by atoms with Crippen LogP contribution < -0.4 is 5.32 Å². The average molecular weight is 320 g/mol. The van der Waals surface area contributed by atoms with Crippen LogP contribution >= 0.6 is 15.9 Å². The molecule has 1 rings (SSSR count). The number of carbonyl (C=O) groups excluding carboxylic acids is 1. The normalized spacial score (nSPS) is 14.4. The van der Waals surface area contributed by atoms with Crippen molar-refractivity contribution in [2.75, 3.05) is 0 Å². The lowest BCUT2D eigenvalue weighted by Gasteiger charge is -2.19. The highest BCUT2D eigenvalue weighted by atomic mass is 79.9. The predicted octanol–water partition coefficient (Wildman–Crippen LogP) is 3.56. The fourth-order valence-corrected chi connectivity index (χ4v) is 1.72. The summed E-state index contributed by atoms with van der Waals surface area (Å²) in [6, 6.07) is 2.94. The second-order valence-corrected chi connectivity index (χ2v) is 5.50. The maximum atomic E-state index is 13.5. The van der Waals surface area contributed by atoms with Crippen LogP contribution in [0.3, 0.4) is 0 Å². The lowest BCUT2D eigenvalue weighted by Crippen LogP contribution is -2.36. The standard InChI is InChI=1S/C13H16BrF2NO/c1-7(2)12(14)13(18)17-8(3)11-9(15)5-4-6-10(11)16/h4-8,12H,1-3H3,(H,17,18). The van der Waals surface area contributed by atoms with Crippen molar-refractivity contribution >= 4 is 21.8 Å². The van der Waals surface area contributed by atoms with Gasteiger partial charge in [0, 0.05) is 5.56 Å². The molecular weight excluding hydrogens is 304 g/mol. The molecule has 1 aromatic rings. The van der Waals surface area contributed by atoms with E-state index in [4.69, 9.17) is 0 Å². The Kier molecular flexibility index (Phi) is 5.26. The molecule has 0 spiro atoms. The molecule has 1 aromatic carbocycles. The molecule has 0 radical (unpaired) electrons. The number of alkyl halides is 1. The van der Waals surface area contributed by atoms with Crippen LogP contribution in [0.25, 0.3) is 0 Å². The summed E-state index contributed by atoms with van der Waals surface area (Å²) in [5.74, 6) is -1.49. The minimum absolute atomic E-state index is 0.0997. The number of nitrogens with one attached hydrogen (secondary N) is 1. The van der Waals surface area contributed by atoms with Gasteiger partial charge in [-0.05, 0) is 25.0 Å². The third kappa shape index (κ3) is 3.51. The van der Waals surface area contributed by atoms with Gasteiger partial charge in [-0.25, -0.2) is 8.78 Å². The molecule has 0 aliphatic rings. The van der Waals surface area contributed by atoms with Gasteiger partial charge in [-0.2, -0.15) is 0 Å². The van der Waals surface area contributed by atoms with E-state index in [0.29, 0.717) is 0 Å². The van der Waals surface area contributed by atoms with E-state index in [-0.39, 0.29) is 22.2 Å². The van der Waals surface area contributed by atoms with Gasteiger partial charge in [0.2, 0.25) is 5.91 Å². The van der Waals surface area contributed by atoms with Gasteiger partial charge in [0.25, 0.3) is 0 Å². The number of hydrogen-bond donors (Lipinski definition) is 1. The Labute approximate surface area is 114 Å². The van der Waals surface area contributed by atoms with Crippen LogP contribution in [0.4, 0.5) is 8.78 Å². The highest BCUT2D eigenvalue weighted by Crippen LogP contribution is 2.21. The Balaban J connectivity index is 2.83. The molecule has 0 heterocycles. The largest absolute Gasteiger partial charge is 0.348 e. The van der Waals surface area contributed by atoms with Crippen molar-refractivity contribution in [3.05, 3.63) is 35.4 Å². The number of hydrogen-bond acceptors (Lipinski definition) is 1. The van der Waals surface area contributed by atoms with Gasteiger partial charge in [0.15, 0.2) is 0 Å². The molecule has 0 saturated carbocycles. The van der Waals surface area contributed by atoms with Gasteiger partial charge in [0.1, 0.15) is 11.6 Å². The molecule has 5 heteroatoms. The number of rotatable bonds is 4. The van der Waals surface area contributed by atoms with Crippen LogP contribution in [0.5, 0.6) is 0 Å². The van der Waals surface area contributed by atoms with Crippen LogP contribution in [0.2, 0.25) is 0 Å². The minimum Gasteiger partial charge on any atom is -0.348 e. The molecule has 2 nitrogen and oxygen atoms in total. The molecule has 100 valence electrons. The van der Waals surface area contributed by atoms with Crippen molar-refractivity contribution in [3.63, 3.8) is 0 Å². The van der Waals surface area contributed by atoms with Crippen LogP contribution in [0.1, 0.15) is 32.4 Å². The Morgan fingerprint density at radius 3 is 2.17 bits per heavy atom. The molecule has 0 bridgehead atoms. The summed E-state index contributed by atoms with van der Waals surface area (Å²) in [5, 5.41) is 2.59. The van der Waals surface area contributed by atoms with Crippen molar-refractivity contribution in [1.82, 2.24) is 5.32 Å². The van der Waals surface area contributed by atoms with E-state index in [2.05, 4.69) is 21.2 Å². The summed E-state index contributed by atoms with van der Waals surface area (Å²) in [6.07, 6.45) is 0. The first-order valence-corrected chi connectivity index (χ1v) is 6.64. The van der Waals surface area contributed by atoms with Crippen LogP contribution in [-0.4, -0.2) is 10.7 Å². The molecule has 1 N–H and O–H groups in total. The maximum Gasteiger partial charge on any atom is 0.234 e. The fourth-order valence-electron chi connectivity index (χ4n) is 1.59. The van der Waals surface area contributed by atoms with E-state index < -0.39 is 17.7 Å². The third-order valence-electron chi connectivity index (χ3n) is 2.63. The fraction of sp³-hybridized carbons (Fsp3) is 0.462. The number of amides is 1. The summed E-state index contributed by atoms with van der Waals surface area (Å²) in [7, 11) is 0. The van der Waals surface area contributed by atoms with E-state index >= 15 is 0 Å². The third-order valence-corrected chi connectivity index (χ3v) is 4.10. The lowest BCUT2D eigenvalue weighted by atomic mass is 10.1. The molecule has 2 atom stereocenters. The molecular formula is C13H16BrF2NO. The van der Waals surface area contributed by atoms with E-state index in [9.17, 15) is 13.6 Å². The number of benzene rings is 1. The molecule has 2 unspecified atom stereocenters. The van der Waals surface area contributed by atoms with Crippen LogP contribution in [-0.2, 0) is 4.79 Å². The zero-order valence-corrected chi connectivity index (χ0v) is 12.1. The van der Waals surface area contributed by atoms with Gasteiger partial charge in [-0.3, -0.25) is 4.79 Å². The first kappa shape index (κ1) is 15.1. The zero-order valence-electron chi connectivity index (χ0n) is 10.5. The summed E-state index contributed by atoms with van der Waals surface area (Å²) < 4.78 is 27.0. The van der Waals surface area contributed by atoms with E-state index in [1.165, 1.54) is 18.2 Å². The van der Waals surface area contributed by atoms with Crippen LogP contribution in [0, 0.1) is 17.6 Å². The van der Waals surface area contributed by atoms with Crippen molar-refractivity contribution in [2.24, 2.45) is 5.92 Å². The lowest BCUT2D eigenvalue weighted by molar-refractivity contribution is -0.121. The Hall–Kier alpha value is -0.970. The van der Waals surface area contributed by atoms with Gasteiger partial charge >= 0.3 is 0 Å². The monoisotopic (exact) mass is 319 g/mol. The SMILES string of the molecule is CC(NC(=O)C(Br)C(C)C)c1c(F)cccc1F.